The molecular weight excluding hydrogens is 401 g/mol. The summed E-state index contributed by atoms with van der Waals surface area (Å²) >= 11 is 0. The second-order valence-corrected chi connectivity index (χ2v) is 9.16. The van der Waals surface area contributed by atoms with E-state index < -0.39 is 13.3 Å². The number of carbonyl (C=O) groups is 1. The third kappa shape index (κ3) is 3.61. The third-order valence-electron chi connectivity index (χ3n) is 4.89. The summed E-state index contributed by atoms with van der Waals surface area (Å²) < 4.78 is 20.5. The largest absolute Gasteiger partial charge is 0.350 e. The van der Waals surface area contributed by atoms with Crippen LogP contribution < -0.4 is 20.7 Å². The van der Waals surface area contributed by atoms with Gasteiger partial charge in [0.05, 0.1) is 5.30 Å². The fourth-order valence-electron chi connectivity index (χ4n) is 3.39. The number of rotatable bonds is 6. The van der Waals surface area contributed by atoms with E-state index in [1.807, 2.05) is 30.3 Å². The molecule has 1 amide bonds. The Morgan fingerprint density at radius 2 is 1.73 bits per heavy atom. The molecule has 3 N–H and O–H groups in total. The highest BCUT2D eigenvalue weighted by molar-refractivity contribution is 7.75. The molecule has 7 nitrogen and oxygen atoms in total. The lowest BCUT2D eigenvalue weighted by Gasteiger charge is -2.18. The first-order chi connectivity index (χ1) is 14.5. The van der Waals surface area contributed by atoms with Crippen molar-refractivity contribution < 1.29 is 23.8 Å². The van der Waals surface area contributed by atoms with Crippen molar-refractivity contribution in [1.29, 1.82) is 0 Å². The summed E-state index contributed by atoms with van der Waals surface area (Å²) in [4.78, 5) is 16.2. The molecule has 0 radical (unpaired) electrons. The molecule has 152 valence electrons. The van der Waals surface area contributed by atoms with Crippen LogP contribution in [0.5, 0.6) is 0 Å². The van der Waals surface area contributed by atoms with Crippen molar-refractivity contribution in [2.45, 2.75) is 6.54 Å². The highest BCUT2D eigenvalue weighted by Crippen LogP contribution is 2.46. The van der Waals surface area contributed by atoms with Gasteiger partial charge in [0, 0.05) is 46.7 Å². The first-order valence-electron chi connectivity index (χ1n) is 9.33. The molecule has 1 atom stereocenters. The number of hydrogen-bond donors (Lipinski definition) is 3. The van der Waals surface area contributed by atoms with E-state index in [1.54, 1.807) is 36.4 Å². The van der Waals surface area contributed by atoms with Crippen LogP contribution in [0.2, 0.25) is 0 Å². The van der Waals surface area contributed by atoms with Crippen molar-refractivity contribution >= 4 is 34.8 Å². The fourth-order valence-corrected chi connectivity index (χ4v) is 5.57. The van der Waals surface area contributed by atoms with Crippen molar-refractivity contribution in [3.8, 4) is 0 Å². The topological polar surface area (TPSA) is 95.3 Å². The van der Waals surface area contributed by atoms with Crippen molar-refractivity contribution in [2.24, 2.45) is 0 Å². The molecular formula is C22H21N3O4P+. The van der Waals surface area contributed by atoms with Gasteiger partial charge in [0.2, 0.25) is 12.4 Å². The number of carbonyl (C=O) groups excluding carboxylic acids is 1. The Morgan fingerprint density at radius 1 is 1.07 bits per heavy atom. The van der Waals surface area contributed by atoms with Crippen molar-refractivity contribution in [1.82, 2.24) is 10.3 Å². The Balaban J connectivity index is 1.77. The maximum Gasteiger partial charge on any atom is 0.268 e. The van der Waals surface area contributed by atoms with Crippen LogP contribution in [0, 0.1) is 0 Å². The molecule has 0 spiro atoms. The first kappa shape index (κ1) is 19.9. The summed E-state index contributed by atoms with van der Waals surface area (Å²) in [7, 11) is -2.13. The maximum absolute atomic E-state index is 14.0. The fraction of sp³-hybridized carbons (Fsp3) is 0.0909. The molecule has 4 aromatic rings. The zero-order valence-corrected chi connectivity index (χ0v) is 17.2. The van der Waals surface area contributed by atoms with E-state index in [0.29, 0.717) is 21.5 Å². The number of para-hydroxylation sites is 1. The van der Waals surface area contributed by atoms with Crippen LogP contribution in [-0.4, -0.2) is 23.2 Å². The molecule has 2 aromatic carbocycles. The minimum Gasteiger partial charge on any atom is -0.350 e. The summed E-state index contributed by atoms with van der Waals surface area (Å²) in [5.41, 5.74) is 1.72. The second-order valence-electron chi connectivity index (χ2n) is 6.73. The van der Waals surface area contributed by atoms with Gasteiger partial charge in [0.15, 0.2) is 0 Å². The average Bonchev–Trinajstić information content (AvgIpc) is 3.19. The molecule has 0 saturated carbocycles. The van der Waals surface area contributed by atoms with Crippen LogP contribution >= 0.6 is 7.37 Å². The van der Waals surface area contributed by atoms with Crippen LogP contribution in [0.4, 0.5) is 0 Å². The minimum absolute atomic E-state index is 0.207. The predicted octanol–water partition coefficient (Wildman–Crippen LogP) is 2.50. The molecule has 0 aliphatic carbocycles. The maximum atomic E-state index is 14.0. The number of H-pyrrole nitrogens is 1. The number of aromatic nitrogens is 2. The Bertz CT molecular complexity index is 1240. The number of nitrogens with zero attached hydrogens (tertiary/aromatic N) is 1. The van der Waals surface area contributed by atoms with Crippen LogP contribution in [-0.2, 0) is 15.6 Å². The lowest BCUT2D eigenvalue weighted by molar-refractivity contribution is -0.904. The summed E-state index contributed by atoms with van der Waals surface area (Å²) in [6.07, 6.45) is 2.95. The predicted molar refractivity (Wildman–Crippen MR) is 114 cm³/mol. The number of nitrogens with one attached hydrogen (secondary N) is 2. The Hall–Kier alpha value is -3.41. The Kier molecular flexibility index (Phi) is 5.40. The summed E-state index contributed by atoms with van der Waals surface area (Å²) in [6.45, 7) is 0.247. The smallest absolute Gasteiger partial charge is 0.268 e. The third-order valence-corrected chi connectivity index (χ3v) is 7.43. The number of hydrogen-bond acceptors (Lipinski definition) is 4. The van der Waals surface area contributed by atoms with E-state index in [1.165, 1.54) is 19.5 Å². The molecule has 2 heterocycles. The van der Waals surface area contributed by atoms with Crippen molar-refractivity contribution in [2.75, 3.05) is 7.11 Å². The number of fused-ring (bicyclic) bond motifs is 1. The van der Waals surface area contributed by atoms with Gasteiger partial charge in [-0.05, 0) is 23.8 Å². The zero-order valence-electron chi connectivity index (χ0n) is 16.3. The quantitative estimate of drug-likeness (QED) is 0.253. The number of benzene rings is 2. The highest BCUT2D eigenvalue weighted by Gasteiger charge is 2.35. The lowest BCUT2D eigenvalue weighted by Crippen LogP contribution is -2.31. The molecule has 4 rings (SSSR count). The molecule has 0 aliphatic heterocycles. The Labute approximate surface area is 173 Å². The molecule has 0 fully saturated rings. The normalized spacial score (nSPS) is 13.1. The number of amides is 1. The van der Waals surface area contributed by atoms with E-state index in [2.05, 4.69) is 10.3 Å². The standard InChI is InChI=1S/C22H20N3O4P/c1-29-30(28,17-7-3-2-4-8-17)21-18-9-5-6-10-19(18)24-20(21)22(26)23-15-16-11-13-25(27)14-12-16/h2-14H,15H2,1H3,(H2-,23,24,26,27,28)/p+1. The molecule has 30 heavy (non-hydrogen) atoms. The number of pyridine rings is 1. The molecule has 1 unspecified atom stereocenters. The van der Waals surface area contributed by atoms with E-state index in [0.717, 1.165) is 10.3 Å². The van der Waals surface area contributed by atoms with Crippen molar-refractivity contribution in [3.63, 3.8) is 0 Å². The van der Waals surface area contributed by atoms with E-state index in [-0.39, 0.29) is 12.2 Å². The molecule has 0 saturated heterocycles. The number of aromatic amines is 1. The van der Waals surface area contributed by atoms with Crippen LogP contribution in [0.15, 0.2) is 79.1 Å². The average molecular weight is 422 g/mol. The van der Waals surface area contributed by atoms with Crippen molar-refractivity contribution in [3.05, 3.63) is 90.4 Å². The van der Waals surface area contributed by atoms with Gasteiger partial charge < -0.3 is 14.8 Å². The van der Waals surface area contributed by atoms with Gasteiger partial charge in [-0.1, -0.05) is 36.4 Å². The SMILES string of the molecule is COP(=O)(c1ccccc1)c1c(C(=O)NCc2cc[n+](O)cc2)[nH]c2ccccc12. The van der Waals surface area contributed by atoms with Gasteiger partial charge in [0.1, 0.15) is 5.69 Å². The molecule has 0 bridgehead atoms. The van der Waals surface area contributed by atoms with Crippen LogP contribution in [0.25, 0.3) is 10.9 Å². The summed E-state index contributed by atoms with van der Waals surface area (Å²) in [5.74, 6) is -0.393. The molecule has 8 heteroatoms. The Morgan fingerprint density at radius 3 is 2.43 bits per heavy atom. The minimum atomic E-state index is -3.52. The van der Waals surface area contributed by atoms with Gasteiger partial charge in [-0.25, -0.2) is 0 Å². The summed E-state index contributed by atoms with van der Waals surface area (Å²) in [5, 5.41) is 13.7. The van der Waals surface area contributed by atoms with Gasteiger partial charge in [-0.15, -0.1) is 0 Å². The molecule has 0 aliphatic rings. The lowest BCUT2D eigenvalue weighted by atomic mass is 10.2. The van der Waals surface area contributed by atoms with Gasteiger partial charge in [-0.3, -0.25) is 14.6 Å². The van der Waals surface area contributed by atoms with Crippen LogP contribution in [0.1, 0.15) is 16.1 Å². The first-order valence-corrected chi connectivity index (χ1v) is 11.0. The second kappa shape index (κ2) is 8.14. The van der Waals surface area contributed by atoms with Gasteiger partial charge >= 0.3 is 0 Å². The molecule has 2 aromatic heterocycles. The highest BCUT2D eigenvalue weighted by atomic mass is 31.2. The van der Waals surface area contributed by atoms with E-state index >= 15 is 0 Å². The van der Waals surface area contributed by atoms with Gasteiger partial charge in [0.25, 0.3) is 13.3 Å². The zero-order chi connectivity index (χ0) is 21.1. The monoisotopic (exact) mass is 422 g/mol. The van der Waals surface area contributed by atoms with Crippen LogP contribution in [0.3, 0.4) is 0 Å². The van der Waals surface area contributed by atoms with Gasteiger partial charge in [-0.2, -0.15) is 0 Å². The van der Waals surface area contributed by atoms with E-state index in [4.69, 9.17) is 4.52 Å². The van der Waals surface area contributed by atoms with E-state index in [9.17, 15) is 14.6 Å². The summed E-state index contributed by atoms with van der Waals surface area (Å²) in [6, 6.07) is 19.6.